The molecule has 1 amide bonds. The number of carbonyl (C=O) groups excluding carboxylic acids is 1. The molecule has 142 valence electrons. The van der Waals surface area contributed by atoms with E-state index in [9.17, 15) is 4.79 Å². The molecule has 3 aromatic rings. The first-order valence-electron chi connectivity index (χ1n) is 9.34. The molecule has 4 heteroatoms. The van der Waals surface area contributed by atoms with Crippen LogP contribution in [0.3, 0.4) is 0 Å². The standard InChI is InChI=1S/C24H24N2O2/c1-18(2)23(20-13-7-4-8-14-20)25-26-24(27)21-15-9-10-16-22(21)28-17-19-11-5-3-6-12-19/h3-16,18H,17H2,1-2H3,(H,26,27)/b25-23+. The van der Waals surface area contributed by atoms with E-state index in [0.717, 1.165) is 16.8 Å². The van der Waals surface area contributed by atoms with E-state index in [1.807, 2.05) is 72.8 Å². The van der Waals surface area contributed by atoms with Gasteiger partial charge >= 0.3 is 0 Å². The lowest BCUT2D eigenvalue weighted by Crippen LogP contribution is -2.22. The first-order valence-corrected chi connectivity index (χ1v) is 9.34. The van der Waals surface area contributed by atoms with Gasteiger partial charge in [0.1, 0.15) is 12.4 Å². The molecule has 0 unspecified atom stereocenters. The van der Waals surface area contributed by atoms with Gasteiger partial charge < -0.3 is 4.74 Å². The van der Waals surface area contributed by atoms with Gasteiger partial charge in [-0.2, -0.15) is 5.10 Å². The summed E-state index contributed by atoms with van der Waals surface area (Å²) in [7, 11) is 0. The van der Waals surface area contributed by atoms with Gasteiger partial charge in [0.2, 0.25) is 0 Å². The van der Waals surface area contributed by atoms with Gasteiger partial charge in [-0.05, 0) is 29.2 Å². The molecule has 0 saturated carbocycles. The number of ether oxygens (including phenoxy) is 1. The Morgan fingerprint density at radius 1 is 0.893 bits per heavy atom. The van der Waals surface area contributed by atoms with Gasteiger partial charge in [-0.1, -0.05) is 86.6 Å². The first kappa shape index (κ1) is 19.4. The summed E-state index contributed by atoms with van der Waals surface area (Å²) in [5.41, 5.74) is 6.01. The van der Waals surface area contributed by atoms with Crippen LogP contribution in [0.2, 0.25) is 0 Å². The van der Waals surface area contributed by atoms with Crippen molar-refractivity contribution in [2.75, 3.05) is 0 Å². The molecule has 0 atom stereocenters. The molecule has 0 aromatic heterocycles. The Morgan fingerprint density at radius 2 is 1.50 bits per heavy atom. The summed E-state index contributed by atoms with van der Waals surface area (Å²) in [6.45, 7) is 4.50. The van der Waals surface area contributed by atoms with E-state index in [-0.39, 0.29) is 11.8 Å². The van der Waals surface area contributed by atoms with E-state index < -0.39 is 0 Å². The van der Waals surface area contributed by atoms with E-state index in [2.05, 4.69) is 24.4 Å². The number of rotatable bonds is 7. The minimum atomic E-state index is -0.294. The summed E-state index contributed by atoms with van der Waals surface area (Å²) < 4.78 is 5.87. The van der Waals surface area contributed by atoms with Crippen molar-refractivity contribution >= 4 is 11.6 Å². The second kappa shape index (κ2) is 9.51. The summed E-state index contributed by atoms with van der Waals surface area (Å²) >= 11 is 0. The summed E-state index contributed by atoms with van der Waals surface area (Å²) in [5.74, 6) is 0.412. The monoisotopic (exact) mass is 372 g/mol. The molecule has 0 fully saturated rings. The molecule has 0 spiro atoms. The van der Waals surface area contributed by atoms with Crippen LogP contribution in [0.5, 0.6) is 5.75 Å². The van der Waals surface area contributed by atoms with Crippen LogP contribution >= 0.6 is 0 Å². The molecule has 4 nitrogen and oxygen atoms in total. The molecule has 0 heterocycles. The maximum absolute atomic E-state index is 12.7. The molecule has 0 aliphatic heterocycles. The van der Waals surface area contributed by atoms with Crippen LogP contribution < -0.4 is 10.2 Å². The van der Waals surface area contributed by atoms with E-state index >= 15 is 0 Å². The van der Waals surface area contributed by atoms with Crippen molar-refractivity contribution in [2.45, 2.75) is 20.5 Å². The van der Waals surface area contributed by atoms with Crippen LogP contribution in [0, 0.1) is 5.92 Å². The van der Waals surface area contributed by atoms with Gasteiger partial charge in [0.05, 0.1) is 11.3 Å². The fraction of sp³-hybridized carbons (Fsp3) is 0.167. The SMILES string of the molecule is CC(C)/C(=N\NC(=O)c1ccccc1OCc1ccccc1)c1ccccc1. The minimum absolute atomic E-state index is 0.173. The number of amides is 1. The van der Waals surface area contributed by atoms with Crippen molar-refractivity contribution in [3.05, 3.63) is 102 Å². The summed E-state index contributed by atoms with van der Waals surface area (Å²) in [5, 5.41) is 4.39. The molecule has 0 saturated heterocycles. The van der Waals surface area contributed by atoms with Crippen molar-refractivity contribution in [1.29, 1.82) is 0 Å². The lowest BCUT2D eigenvalue weighted by atomic mass is 10.0. The Labute approximate surface area is 165 Å². The van der Waals surface area contributed by atoms with Crippen molar-refractivity contribution in [1.82, 2.24) is 5.43 Å². The highest BCUT2D eigenvalue weighted by molar-refractivity contribution is 6.03. The van der Waals surface area contributed by atoms with Gasteiger partial charge in [0, 0.05) is 0 Å². The first-order chi connectivity index (χ1) is 13.6. The normalized spacial score (nSPS) is 11.3. The number of nitrogens with zero attached hydrogens (tertiary/aromatic N) is 1. The van der Waals surface area contributed by atoms with Gasteiger partial charge in [0.15, 0.2) is 0 Å². The Bertz CT molecular complexity index is 935. The Kier molecular flexibility index (Phi) is 6.58. The lowest BCUT2D eigenvalue weighted by Gasteiger charge is -2.13. The molecule has 3 rings (SSSR count). The lowest BCUT2D eigenvalue weighted by molar-refractivity contribution is 0.0950. The topological polar surface area (TPSA) is 50.7 Å². The highest BCUT2D eigenvalue weighted by atomic mass is 16.5. The van der Waals surface area contributed by atoms with E-state index in [1.165, 1.54) is 0 Å². The summed E-state index contributed by atoms with van der Waals surface area (Å²) in [6, 6.07) is 26.9. The fourth-order valence-electron chi connectivity index (χ4n) is 2.82. The molecule has 0 aliphatic rings. The molecule has 0 radical (unpaired) electrons. The average Bonchev–Trinajstić information content (AvgIpc) is 2.74. The third kappa shape index (κ3) is 5.07. The van der Waals surface area contributed by atoms with Crippen molar-refractivity contribution in [2.24, 2.45) is 11.0 Å². The zero-order valence-corrected chi connectivity index (χ0v) is 16.1. The average molecular weight is 372 g/mol. The maximum atomic E-state index is 12.7. The van der Waals surface area contributed by atoms with Gasteiger partial charge in [0.25, 0.3) is 5.91 Å². The number of hydrazone groups is 1. The van der Waals surface area contributed by atoms with Gasteiger partial charge in [-0.3, -0.25) is 4.79 Å². The number of carbonyl (C=O) groups is 1. The smallest absolute Gasteiger partial charge is 0.275 e. The molecule has 28 heavy (non-hydrogen) atoms. The van der Waals surface area contributed by atoms with E-state index in [1.54, 1.807) is 12.1 Å². The predicted molar refractivity (Wildman–Crippen MR) is 112 cm³/mol. The second-order valence-electron chi connectivity index (χ2n) is 6.73. The number of benzene rings is 3. The Hall–Kier alpha value is -3.40. The third-order valence-electron chi connectivity index (χ3n) is 4.26. The maximum Gasteiger partial charge on any atom is 0.275 e. The summed E-state index contributed by atoms with van der Waals surface area (Å²) in [6.07, 6.45) is 0. The van der Waals surface area contributed by atoms with Gasteiger partial charge in [-0.15, -0.1) is 0 Å². The van der Waals surface area contributed by atoms with Crippen LogP contribution in [-0.2, 0) is 6.61 Å². The molecule has 0 aliphatic carbocycles. The fourth-order valence-corrected chi connectivity index (χ4v) is 2.82. The largest absolute Gasteiger partial charge is 0.488 e. The minimum Gasteiger partial charge on any atom is -0.488 e. The van der Waals surface area contributed by atoms with Crippen molar-refractivity contribution < 1.29 is 9.53 Å². The number of hydrogen-bond donors (Lipinski definition) is 1. The van der Waals surface area contributed by atoms with Crippen LogP contribution in [0.15, 0.2) is 90.0 Å². The molecule has 3 aromatic carbocycles. The van der Waals surface area contributed by atoms with Crippen LogP contribution in [-0.4, -0.2) is 11.6 Å². The zero-order chi connectivity index (χ0) is 19.8. The predicted octanol–water partition coefficient (Wildman–Crippen LogP) is 5.06. The Morgan fingerprint density at radius 3 is 2.18 bits per heavy atom. The van der Waals surface area contributed by atoms with Crippen LogP contribution in [0.25, 0.3) is 0 Å². The number of para-hydroxylation sites is 1. The zero-order valence-electron chi connectivity index (χ0n) is 16.1. The quantitative estimate of drug-likeness (QED) is 0.466. The van der Waals surface area contributed by atoms with Crippen LogP contribution in [0.4, 0.5) is 0 Å². The second-order valence-corrected chi connectivity index (χ2v) is 6.73. The molecule has 1 N–H and O–H groups in total. The van der Waals surface area contributed by atoms with Crippen molar-refractivity contribution in [3.8, 4) is 5.75 Å². The summed E-state index contributed by atoms with van der Waals surface area (Å²) in [4.78, 5) is 12.7. The van der Waals surface area contributed by atoms with Crippen molar-refractivity contribution in [3.63, 3.8) is 0 Å². The van der Waals surface area contributed by atoms with E-state index in [0.29, 0.717) is 17.9 Å². The molecular weight excluding hydrogens is 348 g/mol. The highest BCUT2D eigenvalue weighted by Crippen LogP contribution is 2.19. The number of nitrogens with one attached hydrogen (secondary N) is 1. The van der Waals surface area contributed by atoms with E-state index in [4.69, 9.17) is 4.74 Å². The Balaban J connectivity index is 1.75. The van der Waals surface area contributed by atoms with Crippen LogP contribution in [0.1, 0.15) is 35.3 Å². The molecular formula is C24H24N2O2. The molecule has 0 bridgehead atoms. The van der Waals surface area contributed by atoms with Gasteiger partial charge in [-0.25, -0.2) is 5.43 Å². The third-order valence-corrected chi connectivity index (χ3v) is 4.26. The number of hydrogen-bond acceptors (Lipinski definition) is 3. The highest BCUT2D eigenvalue weighted by Gasteiger charge is 2.14.